The second-order valence-electron chi connectivity index (χ2n) is 12.3. The molecule has 50 heavy (non-hydrogen) atoms. The van der Waals surface area contributed by atoms with Crippen LogP contribution in [0.2, 0.25) is 0 Å². The number of para-hydroxylation sites is 3. The maximum absolute atomic E-state index is 10.2. The number of fused-ring (bicyclic) bond motifs is 6. The first-order valence-corrected chi connectivity index (χ1v) is 16.3. The number of hydrogen-bond donors (Lipinski definition) is 0. The summed E-state index contributed by atoms with van der Waals surface area (Å²) in [5, 5.41) is 24.5. The standard InChI is InChI=1S/C45H25N5/c1-48-34-21-23-44-39(26-34)37-10-4-7-13-42(37)49(44)43-22-14-29(27-46)24-38(43)31-17-15-30(16-18-31)32-19-20-33(28-47)45(25-32)50-40-11-5-2-8-35(40)36-9-3-6-12-41(36)50/h2-26H. The highest BCUT2D eigenvalue weighted by atomic mass is 15.0. The Morgan fingerprint density at radius 3 is 1.64 bits per heavy atom. The zero-order valence-corrected chi connectivity index (χ0v) is 26.7. The van der Waals surface area contributed by atoms with Gasteiger partial charge in [0.25, 0.3) is 0 Å². The van der Waals surface area contributed by atoms with E-state index in [1.165, 1.54) is 0 Å². The van der Waals surface area contributed by atoms with Gasteiger partial charge in [0.05, 0.1) is 57.2 Å². The SMILES string of the molecule is [C-]#[N+]c1ccc2c(c1)c1ccccc1n2-c1ccc(C#N)cc1-c1ccc(-c2ccc(C#N)c(-n3c4ccccc4c4ccccc43)c2)cc1. The predicted octanol–water partition coefficient (Wildman–Crippen LogP) is 11.5. The monoisotopic (exact) mass is 635 g/mol. The Morgan fingerprint density at radius 1 is 0.460 bits per heavy atom. The van der Waals surface area contributed by atoms with Gasteiger partial charge in [-0.2, -0.15) is 10.5 Å². The van der Waals surface area contributed by atoms with E-state index in [1.54, 1.807) is 0 Å². The van der Waals surface area contributed by atoms with Crippen LogP contribution in [0.3, 0.4) is 0 Å². The van der Waals surface area contributed by atoms with Crippen LogP contribution in [0.1, 0.15) is 11.1 Å². The van der Waals surface area contributed by atoms with Crippen molar-refractivity contribution in [2.24, 2.45) is 0 Å². The predicted molar refractivity (Wildman–Crippen MR) is 202 cm³/mol. The van der Waals surface area contributed by atoms with Crippen molar-refractivity contribution in [2.75, 3.05) is 0 Å². The summed E-state index contributed by atoms with van der Waals surface area (Å²) >= 11 is 0. The van der Waals surface area contributed by atoms with E-state index in [0.29, 0.717) is 16.8 Å². The Hall–Kier alpha value is -7.39. The second-order valence-corrected chi connectivity index (χ2v) is 12.3. The van der Waals surface area contributed by atoms with Crippen LogP contribution < -0.4 is 0 Å². The third kappa shape index (κ3) is 4.38. The zero-order chi connectivity index (χ0) is 33.8. The maximum Gasteiger partial charge on any atom is 0.188 e. The Labute approximate surface area is 288 Å². The average molecular weight is 636 g/mol. The highest BCUT2D eigenvalue weighted by molar-refractivity contribution is 6.11. The molecule has 0 aliphatic carbocycles. The molecule has 0 bridgehead atoms. The van der Waals surface area contributed by atoms with Gasteiger partial charge in [-0.15, -0.1) is 0 Å². The Balaban J connectivity index is 1.19. The normalized spacial score (nSPS) is 11.1. The molecule has 2 aromatic heterocycles. The maximum atomic E-state index is 10.2. The Bertz CT molecular complexity index is 2900. The van der Waals surface area contributed by atoms with E-state index in [0.717, 1.165) is 77.2 Å². The van der Waals surface area contributed by atoms with Crippen molar-refractivity contribution >= 4 is 49.3 Å². The lowest BCUT2D eigenvalue weighted by atomic mass is 9.97. The Morgan fingerprint density at radius 2 is 1.02 bits per heavy atom. The molecule has 0 saturated carbocycles. The molecule has 0 amide bonds. The minimum absolute atomic E-state index is 0.576. The summed E-state index contributed by atoms with van der Waals surface area (Å²) in [4.78, 5) is 3.67. The molecule has 0 unspecified atom stereocenters. The van der Waals surface area contributed by atoms with Gasteiger partial charge >= 0.3 is 0 Å². The van der Waals surface area contributed by atoms with E-state index < -0.39 is 0 Å². The van der Waals surface area contributed by atoms with Crippen LogP contribution in [0, 0.1) is 29.2 Å². The fraction of sp³-hybridized carbons (Fsp3) is 0. The number of rotatable bonds is 4. The van der Waals surface area contributed by atoms with E-state index in [1.807, 2.05) is 84.9 Å². The van der Waals surface area contributed by atoms with Crippen LogP contribution in [0.5, 0.6) is 0 Å². The smallest absolute Gasteiger partial charge is 0.188 e. The topological polar surface area (TPSA) is 61.8 Å². The van der Waals surface area contributed by atoms with Crippen LogP contribution in [0.4, 0.5) is 5.69 Å². The van der Waals surface area contributed by atoms with E-state index in [-0.39, 0.29) is 0 Å². The van der Waals surface area contributed by atoms with Crippen molar-refractivity contribution in [1.29, 1.82) is 10.5 Å². The van der Waals surface area contributed by atoms with Crippen LogP contribution in [0.15, 0.2) is 152 Å². The molecule has 5 heteroatoms. The minimum atomic E-state index is 0.576. The van der Waals surface area contributed by atoms with Crippen molar-refractivity contribution in [3.63, 3.8) is 0 Å². The molecule has 0 aliphatic rings. The van der Waals surface area contributed by atoms with Crippen molar-refractivity contribution in [3.05, 3.63) is 174 Å². The zero-order valence-electron chi connectivity index (χ0n) is 26.7. The third-order valence-corrected chi connectivity index (χ3v) is 9.62. The van der Waals surface area contributed by atoms with Crippen molar-refractivity contribution < 1.29 is 0 Å². The molecule has 0 saturated heterocycles. The molecule has 9 rings (SSSR count). The lowest BCUT2D eigenvalue weighted by molar-refractivity contribution is 1.17. The summed E-state index contributed by atoms with van der Waals surface area (Å²) in [6, 6.07) is 55.6. The third-order valence-electron chi connectivity index (χ3n) is 9.62. The van der Waals surface area contributed by atoms with Crippen molar-refractivity contribution in [2.45, 2.75) is 0 Å². The quantitative estimate of drug-likeness (QED) is 0.181. The van der Waals surface area contributed by atoms with Crippen LogP contribution in [-0.2, 0) is 0 Å². The van der Waals surface area contributed by atoms with Crippen LogP contribution in [0.25, 0.3) is 82.1 Å². The van der Waals surface area contributed by atoms with Gasteiger partial charge in [-0.3, -0.25) is 0 Å². The fourth-order valence-electron chi connectivity index (χ4n) is 7.34. The molecule has 0 atom stereocenters. The first-order valence-electron chi connectivity index (χ1n) is 16.3. The molecule has 2 heterocycles. The van der Waals surface area contributed by atoms with Gasteiger partial charge < -0.3 is 9.13 Å². The summed E-state index contributed by atoms with van der Waals surface area (Å²) in [5.41, 5.74) is 11.6. The molecule has 0 fully saturated rings. The van der Waals surface area contributed by atoms with Crippen LogP contribution in [-0.4, -0.2) is 9.13 Å². The molecule has 0 N–H and O–H groups in total. The number of hydrogen-bond acceptors (Lipinski definition) is 2. The molecular weight excluding hydrogens is 611 g/mol. The summed E-state index contributed by atoms with van der Waals surface area (Å²) in [7, 11) is 0. The van der Waals surface area contributed by atoms with Gasteiger partial charge in [0.15, 0.2) is 5.69 Å². The molecule has 9 aromatic rings. The number of benzene rings is 7. The minimum Gasteiger partial charge on any atom is -0.309 e. The van der Waals surface area contributed by atoms with Crippen molar-refractivity contribution in [1.82, 2.24) is 9.13 Å². The number of nitriles is 2. The molecule has 5 nitrogen and oxygen atoms in total. The van der Waals surface area contributed by atoms with Gasteiger partial charge in [0.2, 0.25) is 0 Å². The first-order chi connectivity index (χ1) is 24.7. The molecular formula is C45H25N5. The number of nitrogens with zero attached hydrogens (tertiary/aromatic N) is 5. The lowest BCUT2D eigenvalue weighted by Crippen LogP contribution is -1.99. The van der Waals surface area contributed by atoms with Crippen molar-refractivity contribution in [3.8, 4) is 45.8 Å². The molecule has 0 spiro atoms. The summed E-state index contributed by atoms with van der Waals surface area (Å²) in [6.45, 7) is 7.57. The van der Waals surface area contributed by atoms with Gasteiger partial charge in [-0.25, -0.2) is 4.85 Å². The van der Waals surface area contributed by atoms with E-state index in [2.05, 4.69) is 92.8 Å². The summed E-state index contributed by atoms with van der Waals surface area (Å²) in [5.74, 6) is 0. The van der Waals surface area contributed by atoms with Gasteiger partial charge in [0.1, 0.15) is 6.07 Å². The van der Waals surface area contributed by atoms with Gasteiger partial charge in [-0.1, -0.05) is 91.0 Å². The van der Waals surface area contributed by atoms with Gasteiger partial charge in [0, 0.05) is 21.7 Å². The number of aromatic nitrogens is 2. The largest absolute Gasteiger partial charge is 0.309 e. The fourth-order valence-corrected chi connectivity index (χ4v) is 7.34. The Kier molecular flexibility index (Phi) is 6.56. The average Bonchev–Trinajstić information content (AvgIpc) is 3.70. The summed E-state index contributed by atoms with van der Waals surface area (Å²) in [6.07, 6.45) is 0. The molecule has 7 aromatic carbocycles. The van der Waals surface area contributed by atoms with E-state index in [9.17, 15) is 10.5 Å². The molecule has 230 valence electrons. The lowest BCUT2D eigenvalue weighted by Gasteiger charge is -2.15. The summed E-state index contributed by atoms with van der Waals surface area (Å²) < 4.78 is 4.41. The molecule has 0 radical (unpaired) electrons. The van der Waals surface area contributed by atoms with E-state index in [4.69, 9.17) is 6.57 Å². The second kappa shape index (κ2) is 11.4. The highest BCUT2D eigenvalue weighted by Crippen LogP contribution is 2.39. The first kappa shape index (κ1) is 28.8. The van der Waals surface area contributed by atoms with Crippen LogP contribution >= 0.6 is 0 Å². The van der Waals surface area contributed by atoms with Gasteiger partial charge in [-0.05, 0) is 82.7 Å². The highest BCUT2D eigenvalue weighted by Gasteiger charge is 2.18. The molecule has 0 aliphatic heterocycles. The van der Waals surface area contributed by atoms with E-state index >= 15 is 0 Å².